The lowest BCUT2D eigenvalue weighted by atomic mass is 10.1. The molecule has 116 valence electrons. The predicted octanol–water partition coefficient (Wildman–Crippen LogP) is 1.31. The molecule has 0 saturated heterocycles. The molecule has 0 aliphatic rings. The van der Waals surface area contributed by atoms with Crippen LogP contribution >= 0.6 is 0 Å². The second kappa shape index (κ2) is 9.22. The van der Waals surface area contributed by atoms with Crippen LogP contribution in [0.2, 0.25) is 0 Å². The number of hydrogen-bond donors (Lipinski definition) is 3. The third kappa shape index (κ3) is 5.70. The number of benzene rings is 1. The van der Waals surface area contributed by atoms with Crippen LogP contribution in [0, 0.1) is 5.95 Å². The Morgan fingerprint density at radius 2 is 1.86 bits per heavy atom. The summed E-state index contributed by atoms with van der Waals surface area (Å²) < 4.78 is 12.9. The number of para-hydroxylation sites is 1. The lowest BCUT2D eigenvalue weighted by molar-refractivity contribution is -0.109. The summed E-state index contributed by atoms with van der Waals surface area (Å²) in [5, 5.41) is 1.54. The van der Waals surface area contributed by atoms with Crippen molar-refractivity contribution in [3.63, 3.8) is 0 Å². The zero-order valence-electron chi connectivity index (χ0n) is 12.1. The SMILES string of the molecule is CN(N)c1ccccc1/C=C/c1cccc(F)n1.NNC=O. The second-order valence-corrected chi connectivity index (χ2v) is 4.17. The molecule has 0 bridgehead atoms. The van der Waals surface area contributed by atoms with Gasteiger partial charge in [-0.05, 0) is 29.8 Å². The molecule has 0 atom stereocenters. The summed E-state index contributed by atoms with van der Waals surface area (Å²) in [6, 6.07) is 12.4. The first-order valence-corrected chi connectivity index (χ1v) is 6.36. The first-order valence-electron chi connectivity index (χ1n) is 6.36. The molecule has 1 aromatic heterocycles. The van der Waals surface area contributed by atoms with Crippen molar-refractivity contribution in [1.29, 1.82) is 0 Å². The Hall–Kier alpha value is -2.77. The highest BCUT2D eigenvalue weighted by Crippen LogP contribution is 2.19. The van der Waals surface area contributed by atoms with Gasteiger partial charge in [-0.15, -0.1) is 0 Å². The van der Waals surface area contributed by atoms with Gasteiger partial charge in [0.05, 0.1) is 11.4 Å². The average Bonchev–Trinajstić information content (AvgIpc) is 2.53. The van der Waals surface area contributed by atoms with E-state index < -0.39 is 5.95 Å². The molecule has 2 aromatic rings. The molecule has 1 aromatic carbocycles. The standard InChI is InChI=1S/C14H14FN3.CH4N2O/c1-18(16)13-7-3-2-5-11(13)9-10-12-6-4-8-14(15)17-12;2-3-1-4/h2-10H,16H2,1H3;1H,2H2,(H,3,4)/b10-9+;. The van der Waals surface area contributed by atoms with Gasteiger partial charge in [-0.3, -0.25) is 10.2 Å². The lowest BCUT2D eigenvalue weighted by Gasteiger charge is -2.14. The molecule has 5 N–H and O–H groups in total. The van der Waals surface area contributed by atoms with Crippen LogP contribution in [0.15, 0.2) is 42.5 Å². The Bertz CT molecular complexity index is 631. The van der Waals surface area contributed by atoms with E-state index in [1.807, 2.05) is 30.3 Å². The number of halogens is 1. The van der Waals surface area contributed by atoms with Crippen molar-refractivity contribution in [1.82, 2.24) is 10.4 Å². The third-order valence-electron chi connectivity index (χ3n) is 2.56. The summed E-state index contributed by atoms with van der Waals surface area (Å²) in [7, 11) is 1.77. The van der Waals surface area contributed by atoms with Crippen LogP contribution < -0.4 is 22.1 Å². The van der Waals surface area contributed by atoms with Crippen LogP contribution in [-0.2, 0) is 4.79 Å². The van der Waals surface area contributed by atoms with Crippen LogP contribution in [0.25, 0.3) is 12.2 Å². The van der Waals surface area contributed by atoms with Crippen molar-refractivity contribution in [3.8, 4) is 0 Å². The Morgan fingerprint density at radius 3 is 2.45 bits per heavy atom. The second-order valence-electron chi connectivity index (χ2n) is 4.17. The van der Waals surface area contributed by atoms with E-state index in [1.54, 1.807) is 35.7 Å². The fourth-order valence-corrected chi connectivity index (χ4v) is 1.64. The van der Waals surface area contributed by atoms with Gasteiger partial charge in [0, 0.05) is 7.05 Å². The quantitative estimate of drug-likeness (QED) is 0.260. The van der Waals surface area contributed by atoms with Gasteiger partial charge in [-0.2, -0.15) is 4.39 Å². The number of nitrogens with two attached hydrogens (primary N) is 2. The number of rotatable bonds is 4. The molecule has 7 heteroatoms. The minimum absolute atomic E-state index is 0.403. The van der Waals surface area contributed by atoms with E-state index in [9.17, 15) is 4.39 Å². The number of carbonyl (C=O) groups excluding carboxylic acids is 1. The van der Waals surface area contributed by atoms with Gasteiger partial charge in [0.25, 0.3) is 0 Å². The highest BCUT2D eigenvalue weighted by atomic mass is 19.1. The third-order valence-corrected chi connectivity index (χ3v) is 2.56. The highest BCUT2D eigenvalue weighted by molar-refractivity contribution is 5.75. The Morgan fingerprint density at radius 1 is 1.18 bits per heavy atom. The van der Waals surface area contributed by atoms with E-state index in [0.717, 1.165) is 11.3 Å². The first kappa shape index (κ1) is 17.3. The molecular formula is C15H18FN5O. The van der Waals surface area contributed by atoms with Gasteiger partial charge in [0.1, 0.15) is 0 Å². The van der Waals surface area contributed by atoms with Gasteiger partial charge in [-0.25, -0.2) is 16.7 Å². The van der Waals surface area contributed by atoms with E-state index in [2.05, 4.69) is 10.8 Å². The van der Waals surface area contributed by atoms with Gasteiger partial charge < -0.3 is 5.01 Å². The van der Waals surface area contributed by atoms with Gasteiger partial charge in [-0.1, -0.05) is 30.3 Å². The van der Waals surface area contributed by atoms with Crippen LogP contribution in [0.5, 0.6) is 0 Å². The van der Waals surface area contributed by atoms with E-state index in [-0.39, 0.29) is 0 Å². The summed E-state index contributed by atoms with van der Waals surface area (Å²) in [5.41, 5.74) is 4.17. The number of aromatic nitrogens is 1. The summed E-state index contributed by atoms with van der Waals surface area (Å²) >= 11 is 0. The number of nitrogens with zero attached hydrogens (tertiary/aromatic N) is 2. The molecule has 0 spiro atoms. The summed E-state index contributed by atoms with van der Waals surface area (Å²) in [5.74, 6) is 9.66. The Balaban J connectivity index is 0.000000541. The van der Waals surface area contributed by atoms with Crippen molar-refractivity contribution in [2.45, 2.75) is 0 Å². The minimum atomic E-state index is -0.485. The van der Waals surface area contributed by atoms with E-state index >= 15 is 0 Å². The number of nitrogens with one attached hydrogen (secondary N) is 1. The maximum absolute atomic E-state index is 12.9. The van der Waals surface area contributed by atoms with Crippen molar-refractivity contribution in [2.75, 3.05) is 12.1 Å². The molecule has 6 nitrogen and oxygen atoms in total. The van der Waals surface area contributed by atoms with Crippen molar-refractivity contribution >= 4 is 24.2 Å². The summed E-state index contributed by atoms with van der Waals surface area (Å²) in [6.45, 7) is 0. The van der Waals surface area contributed by atoms with Crippen molar-refractivity contribution < 1.29 is 9.18 Å². The van der Waals surface area contributed by atoms with E-state index in [4.69, 9.17) is 10.6 Å². The maximum atomic E-state index is 12.9. The molecule has 0 saturated carbocycles. The number of hydrogen-bond acceptors (Lipinski definition) is 5. The summed E-state index contributed by atoms with van der Waals surface area (Å²) in [6.07, 6.45) is 4.02. The van der Waals surface area contributed by atoms with Crippen molar-refractivity contribution in [3.05, 3.63) is 59.7 Å². The first-order chi connectivity index (χ1) is 10.6. The molecule has 1 amide bonds. The van der Waals surface area contributed by atoms with E-state index in [1.165, 1.54) is 6.07 Å². The van der Waals surface area contributed by atoms with Crippen molar-refractivity contribution in [2.24, 2.45) is 11.7 Å². The number of anilines is 1. The minimum Gasteiger partial charge on any atom is -0.314 e. The monoisotopic (exact) mass is 303 g/mol. The highest BCUT2D eigenvalue weighted by Gasteiger charge is 2.00. The molecule has 0 fully saturated rings. The molecule has 0 radical (unpaired) electrons. The predicted molar refractivity (Wildman–Crippen MR) is 85.5 cm³/mol. The van der Waals surface area contributed by atoms with Gasteiger partial charge >= 0.3 is 0 Å². The van der Waals surface area contributed by atoms with Gasteiger partial charge in [0.2, 0.25) is 12.4 Å². The molecule has 0 aliphatic heterocycles. The smallest absolute Gasteiger partial charge is 0.221 e. The fourth-order valence-electron chi connectivity index (χ4n) is 1.64. The number of amides is 1. The average molecular weight is 303 g/mol. The Kier molecular flexibility index (Phi) is 7.24. The molecule has 2 rings (SSSR count). The fraction of sp³-hybridized carbons (Fsp3) is 0.0667. The Labute approximate surface area is 128 Å². The number of hydrazine groups is 2. The van der Waals surface area contributed by atoms with Crippen LogP contribution in [0.4, 0.5) is 10.1 Å². The zero-order valence-corrected chi connectivity index (χ0v) is 12.1. The largest absolute Gasteiger partial charge is 0.314 e. The molecular weight excluding hydrogens is 285 g/mol. The lowest BCUT2D eigenvalue weighted by Crippen LogP contribution is -2.25. The maximum Gasteiger partial charge on any atom is 0.221 e. The summed E-state index contributed by atoms with van der Waals surface area (Å²) in [4.78, 5) is 12.7. The number of pyridine rings is 1. The van der Waals surface area contributed by atoms with Crippen LogP contribution in [0.3, 0.4) is 0 Å². The van der Waals surface area contributed by atoms with Gasteiger partial charge in [0.15, 0.2) is 0 Å². The normalized spacial score (nSPS) is 9.82. The van der Waals surface area contributed by atoms with Crippen LogP contribution in [-0.4, -0.2) is 18.4 Å². The molecule has 22 heavy (non-hydrogen) atoms. The molecule has 1 heterocycles. The molecule has 0 unspecified atom stereocenters. The van der Waals surface area contributed by atoms with E-state index in [0.29, 0.717) is 12.1 Å². The zero-order chi connectivity index (χ0) is 16.4. The topological polar surface area (TPSA) is 97.3 Å². The number of carbonyl (C=O) groups is 1. The molecule has 0 aliphatic carbocycles. The van der Waals surface area contributed by atoms with Crippen LogP contribution in [0.1, 0.15) is 11.3 Å².